The maximum absolute atomic E-state index is 11.9. The summed E-state index contributed by atoms with van der Waals surface area (Å²) in [6, 6.07) is 0. The molecule has 132 valence electrons. The van der Waals surface area contributed by atoms with E-state index in [0.717, 1.165) is 32.1 Å². The van der Waals surface area contributed by atoms with Crippen LogP contribution in [0.1, 0.15) is 51.9 Å². The minimum absolute atomic E-state index is 0.0901. The van der Waals surface area contributed by atoms with Gasteiger partial charge in [0.2, 0.25) is 0 Å². The minimum Gasteiger partial charge on any atom is -0.451 e. The van der Waals surface area contributed by atoms with Gasteiger partial charge >= 0.3 is 5.97 Å². The molecule has 3 heteroatoms. The van der Waals surface area contributed by atoms with Crippen LogP contribution in [0.4, 0.5) is 0 Å². The lowest BCUT2D eigenvalue weighted by molar-refractivity contribution is -0.162. The zero-order chi connectivity index (χ0) is 17.2. The van der Waals surface area contributed by atoms with Crippen molar-refractivity contribution in [1.29, 1.82) is 0 Å². The molecule has 3 nitrogen and oxygen atoms in total. The number of ether oxygens (including phenoxy) is 1. The molecule has 0 radical (unpaired) electrons. The fourth-order valence-corrected chi connectivity index (χ4v) is 7.10. The van der Waals surface area contributed by atoms with Crippen LogP contribution < -0.4 is 0 Å². The van der Waals surface area contributed by atoms with Gasteiger partial charge in [0.05, 0.1) is 0 Å². The van der Waals surface area contributed by atoms with E-state index in [1.54, 1.807) is 6.08 Å². The second-order valence-electron chi connectivity index (χ2n) is 8.69. The molecular weight excluding hydrogens is 312 g/mol. The molecule has 0 saturated heterocycles. The van der Waals surface area contributed by atoms with E-state index in [0.29, 0.717) is 30.1 Å². The summed E-state index contributed by atoms with van der Waals surface area (Å²) in [4.78, 5) is 23.7. The van der Waals surface area contributed by atoms with Crippen LogP contribution in [0.5, 0.6) is 0 Å². The number of carbonyl (C=O) groups excluding carboxylic acids is 2. The van der Waals surface area contributed by atoms with Gasteiger partial charge in [0, 0.05) is 17.9 Å². The van der Waals surface area contributed by atoms with Crippen molar-refractivity contribution in [3.8, 4) is 0 Å². The summed E-state index contributed by atoms with van der Waals surface area (Å²) in [6.45, 7) is 2.28. The summed E-state index contributed by atoms with van der Waals surface area (Å²) in [7, 11) is 0. The van der Waals surface area contributed by atoms with Crippen LogP contribution in [-0.4, -0.2) is 17.4 Å². The lowest BCUT2D eigenvalue weighted by Crippen LogP contribution is -2.53. The zero-order valence-corrected chi connectivity index (χ0v) is 14.9. The van der Waals surface area contributed by atoms with Crippen molar-refractivity contribution in [2.45, 2.75) is 57.5 Å². The molecule has 4 aliphatic carbocycles. The maximum Gasteiger partial charge on any atom is 0.331 e. The number of fused-ring (bicyclic) bond motifs is 6. The van der Waals surface area contributed by atoms with Gasteiger partial charge in [-0.05, 0) is 79.9 Å². The van der Waals surface area contributed by atoms with Crippen molar-refractivity contribution in [1.82, 2.24) is 0 Å². The Morgan fingerprint density at radius 1 is 1.16 bits per heavy atom. The van der Waals surface area contributed by atoms with E-state index < -0.39 is 0 Å². The molecule has 6 atom stereocenters. The van der Waals surface area contributed by atoms with Gasteiger partial charge in [-0.15, -0.1) is 0 Å². The zero-order valence-electron chi connectivity index (χ0n) is 14.9. The number of carbonyl (C=O) groups is 2. The van der Waals surface area contributed by atoms with Crippen LogP contribution in [0, 0.1) is 29.1 Å². The summed E-state index contributed by atoms with van der Waals surface area (Å²) in [5.74, 6) is 2.49. The Morgan fingerprint density at radius 3 is 2.80 bits per heavy atom. The Balaban J connectivity index is 1.54. The first-order chi connectivity index (χ1) is 12.1. The van der Waals surface area contributed by atoms with E-state index in [1.807, 2.05) is 6.08 Å². The third-order valence-corrected chi connectivity index (χ3v) is 8.15. The van der Waals surface area contributed by atoms with E-state index >= 15 is 0 Å². The van der Waals surface area contributed by atoms with Crippen LogP contribution in [0.25, 0.3) is 0 Å². The Labute approximate surface area is 149 Å². The smallest absolute Gasteiger partial charge is 0.331 e. The van der Waals surface area contributed by atoms with E-state index in [4.69, 9.17) is 4.74 Å². The fraction of sp³-hybridized carbons (Fsp3) is 0.636. The van der Waals surface area contributed by atoms with E-state index in [-0.39, 0.29) is 22.8 Å². The number of rotatable bonds is 1. The van der Waals surface area contributed by atoms with Crippen LogP contribution >= 0.6 is 0 Å². The Kier molecular flexibility index (Phi) is 3.24. The second-order valence-corrected chi connectivity index (χ2v) is 8.69. The normalized spacial score (nSPS) is 47.3. The van der Waals surface area contributed by atoms with E-state index in [1.165, 1.54) is 12.0 Å². The fourth-order valence-electron chi connectivity index (χ4n) is 7.10. The highest BCUT2D eigenvalue weighted by Crippen LogP contribution is 2.67. The topological polar surface area (TPSA) is 43.4 Å². The van der Waals surface area contributed by atoms with Crippen molar-refractivity contribution >= 4 is 11.8 Å². The lowest BCUT2D eigenvalue weighted by atomic mass is 9.51. The van der Waals surface area contributed by atoms with Gasteiger partial charge in [0.15, 0.2) is 5.78 Å². The van der Waals surface area contributed by atoms with Gasteiger partial charge in [-0.2, -0.15) is 0 Å². The number of esters is 1. The number of allylic oxidation sites excluding steroid dienone is 4. The average Bonchev–Trinajstić information content (AvgIpc) is 3.16. The number of hydrogen-bond acceptors (Lipinski definition) is 3. The largest absolute Gasteiger partial charge is 0.451 e. The molecule has 1 aliphatic heterocycles. The molecule has 25 heavy (non-hydrogen) atoms. The first kappa shape index (κ1) is 15.6. The summed E-state index contributed by atoms with van der Waals surface area (Å²) >= 11 is 0. The molecule has 2 fully saturated rings. The van der Waals surface area contributed by atoms with Crippen molar-refractivity contribution in [2.24, 2.45) is 29.1 Å². The third-order valence-electron chi connectivity index (χ3n) is 8.15. The molecule has 0 aromatic rings. The van der Waals surface area contributed by atoms with Gasteiger partial charge < -0.3 is 4.74 Å². The number of ketones is 1. The monoisotopic (exact) mass is 338 g/mol. The molecule has 5 rings (SSSR count). The molecule has 0 bridgehead atoms. The summed E-state index contributed by atoms with van der Waals surface area (Å²) < 4.78 is 5.94. The lowest BCUT2D eigenvalue weighted by Gasteiger charge is -2.55. The van der Waals surface area contributed by atoms with Crippen LogP contribution in [0.3, 0.4) is 0 Å². The van der Waals surface area contributed by atoms with Crippen molar-refractivity contribution in [3.63, 3.8) is 0 Å². The molecule has 0 N–H and O–H groups in total. The van der Waals surface area contributed by atoms with Crippen LogP contribution in [0.15, 0.2) is 36.0 Å². The number of hydrogen-bond donors (Lipinski definition) is 0. The molecule has 5 aliphatic rings. The highest BCUT2D eigenvalue weighted by Gasteiger charge is 2.65. The average molecular weight is 338 g/mol. The van der Waals surface area contributed by atoms with Crippen molar-refractivity contribution in [2.75, 3.05) is 0 Å². The summed E-state index contributed by atoms with van der Waals surface area (Å²) in [6.07, 6.45) is 17.5. The summed E-state index contributed by atoms with van der Waals surface area (Å²) in [5, 5.41) is 0. The predicted octanol–water partition coefficient (Wildman–Crippen LogP) is 4.15. The van der Waals surface area contributed by atoms with Crippen LogP contribution in [0.2, 0.25) is 0 Å². The third kappa shape index (κ3) is 1.93. The van der Waals surface area contributed by atoms with E-state index in [9.17, 15) is 9.59 Å². The Morgan fingerprint density at radius 2 is 2.04 bits per heavy atom. The predicted molar refractivity (Wildman–Crippen MR) is 94.6 cm³/mol. The first-order valence-corrected chi connectivity index (χ1v) is 9.93. The van der Waals surface area contributed by atoms with Crippen molar-refractivity contribution in [3.05, 3.63) is 36.0 Å². The highest BCUT2D eigenvalue weighted by atomic mass is 16.6. The Hall–Kier alpha value is -1.64. The molecule has 1 spiro atoms. The second kappa shape index (κ2) is 5.18. The first-order valence-electron chi connectivity index (χ1n) is 9.93. The quantitative estimate of drug-likeness (QED) is 0.675. The summed E-state index contributed by atoms with van der Waals surface area (Å²) in [5.41, 5.74) is 0.995. The van der Waals surface area contributed by atoms with Crippen molar-refractivity contribution < 1.29 is 14.3 Å². The molecule has 2 saturated carbocycles. The van der Waals surface area contributed by atoms with Gasteiger partial charge in [0.25, 0.3) is 0 Å². The minimum atomic E-state index is -0.360. The SMILES string of the molecule is CC[C@]12CCC3C(C=CC4=CC(=O)CC[C@@H]43)C1CC[C@@]21C=CC(=O)O1. The molecule has 0 aromatic heterocycles. The molecule has 3 unspecified atom stereocenters. The van der Waals surface area contributed by atoms with Gasteiger partial charge in [-0.1, -0.05) is 19.1 Å². The maximum atomic E-state index is 11.9. The Bertz CT molecular complexity index is 730. The molecule has 0 amide bonds. The van der Waals surface area contributed by atoms with Gasteiger partial charge in [0.1, 0.15) is 5.60 Å². The van der Waals surface area contributed by atoms with Gasteiger partial charge in [-0.25, -0.2) is 4.79 Å². The van der Waals surface area contributed by atoms with E-state index in [2.05, 4.69) is 25.2 Å². The molecule has 0 aromatic carbocycles. The van der Waals surface area contributed by atoms with Crippen LogP contribution in [-0.2, 0) is 14.3 Å². The molecule has 1 heterocycles. The van der Waals surface area contributed by atoms with Gasteiger partial charge in [-0.3, -0.25) is 4.79 Å². The highest BCUT2D eigenvalue weighted by molar-refractivity contribution is 5.92. The standard InChI is InChI=1S/C22H26O3/c1-2-21-10-7-17-16-6-4-15(23)13-14(16)3-5-18(17)19(21)8-11-22(21)12-9-20(24)25-22/h3,5,9,12-13,16-19H,2,4,6-8,10-11H2,1H3/t16-,17?,18?,19?,21-,22+/m0/s1. The molecular formula is C22H26O3.